The second kappa shape index (κ2) is 21.2. The number of carbonyl (C=O) groups excluding carboxylic acids is 2. The highest BCUT2D eigenvalue weighted by Crippen LogP contribution is 2.35. The first-order chi connectivity index (χ1) is 25.0. The van der Waals surface area contributed by atoms with Crippen LogP contribution in [-0.4, -0.2) is 21.8 Å². The Kier molecular flexibility index (Phi) is 16.7. The SMILES string of the molecule is CCCCCCCCCCCCCCCC(=O)Nc1ccc(Nc2[nH]n(-c3c(Cl)cc(Cl)cc3Cl)c(=O)c2OC(=O)Nc2cccc(C)c2)c(Cl)c1. The summed E-state index contributed by atoms with van der Waals surface area (Å²) < 4.78 is 6.56. The first-order valence-electron chi connectivity index (χ1n) is 18.0. The van der Waals surface area contributed by atoms with Gasteiger partial charge in [0, 0.05) is 22.8 Å². The maximum Gasteiger partial charge on any atom is 0.417 e. The van der Waals surface area contributed by atoms with Crippen molar-refractivity contribution in [2.75, 3.05) is 16.0 Å². The standard InChI is InChI=1S/C39H47Cl4N5O4/c1-3-4-5-6-7-8-9-10-11-12-13-14-15-19-34(49)44-29-20-21-33(30(41)25-29)46-37-36(52-39(51)45-28-18-16-17-26(2)22-28)38(50)48(47-37)35-31(42)23-27(40)24-32(35)43/h16-18,20-25,46-47H,3-15,19H2,1-2H3,(H,44,49)(H,45,51). The number of halogens is 4. The Hall–Kier alpha value is -3.63. The summed E-state index contributed by atoms with van der Waals surface area (Å²) in [7, 11) is 0. The predicted molar refractivity (Wildman–Crippen MR) is 216 cm³/mol. The highest BCUT2D eigenvalue weighted by Gasteiger charge is 2.24. The Morgan fingerprint density at radius 3 is 1.92 bits per heavy atom. The molecule has 52 heavy (non-hydrogen) atoms. The van der Waals surface area contributed by atoms with Crippen LogP contribution in [0.15, 0.2) is 59.4 Å². The molecule has 0 fully saturated rings. The molecule has 4 rings (SSSR count). The molecule has 0 aliphatic rings. The molecular formula is C39H47Cl4N5O4. The van der Waals surface area contributed by atoms with Crippen LogP contribution in [0.1, 0.15) is 102 Å². The van der Waals surface area contributed by atoms with Gasteiger partial charge in [0.05, 0.1) is 20.8 Å². The fourth-order valence-corrected chi connectivity index (χ4v) is 7.04. The number of hydrogen-bond acceptors (Lipinski definition) is 5. The number of carbonyl (C=O) groups is 2. The molecule has 4 aromatic rings. The lowest BCUT2D eigenvalue weighted by Gasteiger charge is -2.12. The van der Waals surface area contributed by atoms with Crippen molar-refractivity contribution >= 4 is 81.3 Å². The molecule has 2 amide bonds. The first-order valence-corrected chi connectivity index (χ1v) is 19.5. The summed E-state index contributed by atoms with van der Waals surface area (Å²) in [6.45, 7) is 4.13. The zero-order valence-electron chi connectivity index (χ0n) is 29.7. The minimum absolute atomic E-state index is 0.00688. The van der Waals surface area contributed by atoms with Gasteiger partial charge in [0.1, 0.15) is 5.69 Å². The molecule has 4 N–H and O–H groups in total. The molecule has 0 spiro atoms. The molecule has 1 heterocycles. The van der Waals surface area contributed by atoms with Crippen LogP contribution in [-0.2, 0) is 4.79 Å². The monoisotopic (exact) mass is 789 g/mol. The largest absolute Gasteiger partial charge is 0.417 e. The third kappa shape index (κ3) is 12.8. The normalized spacial score (nSPS) is 11.0. The Morgan fingerprint density at radius 1 is 0.731 bits per heavy atom. The van der Waals surface area contributed by atoms with E-state index in [1.807, 2.05) is 13.0 Å². The van der Waals surface area contributed by atoms with Gasteiger partial charge in [0.25, 0.3) is 0 Å². The predicted octanol–water partition coefficient (Wildman–Crippen LogP) is 12.9. The molecule has 280 valence electrons. The van der Waals surface area contributed by atoms with E-state index in [1.165, 1.54) is 76.3 Å². The number of amides is 2. The smallest absolute Gasteiger partial charge is 0.400 e. The van der Waals surface area contributed by atoms with E-state index in [-0.39, 0.29) is 43.3 Å². The molecule has 0 unspecified atom stereocenters. The van der Waals surface area contributed by atoms with Crippen LogP contribution in [0.25, 0.3) is 5.69 Å². The quantitative estimate of drug-likeness (QED) is 0.0665. The lowest BCUT2D eigenvalue weighted by Crippen LogP contribution is -2.22. The molecule has 0 bridgehead atoms. The molecular weight excluding hydrogens is 744 g/mol. The number of hydrogen-bond donors (Lipinski definition) is 4. The van der Waals surface area contributed by atoms with E-state index < -0.39 is 11.7 Å². The number of benzene rings is 3. The second-order valence-corrected chi connectivity index (χ2v) is 14.6. The van der Waals surface area contributed by atoms with Gasteiger partial charge in [-0.25, -0.2) is 9.48 Å². The highest BCUT2D eigenvalue weighted by molar-refractivity contribution is 6.40. The Balaban J connectivity index is 1.35. The van der Waals surface area contributed by atoms with Gasteiger partial charge in [-0.2, -0.15) is 0 Å². The lowest BCUT2D eigenvalue weighted by molar-refractivity contribution is -0.116. The van der Waals surface area contributed by atoms with Gasteiger partial charge in [-0.15, -0.1) is 0 Å². The van der Waals surface area contributed by atoms with E-state index in [0.29, 0.717) is 23.5 Å². The minimum Gasteiger partial charge on any atom is -0.400 e. The van der Waals surface area contributed by atoms with Gasteiger partial charge in [-0.05, 0) is 61.4 Å². The Labute approximate surface area is 325 Å². The summed E-state index contributed by atoms with van der Waals surface area (Å²) in [5.41, 5.74) is 1.62. The van der Waals surface area contributed by atoms with E-state index in [9.17, 15) is 14.4 Å². The van der Waals surface area contributed by atoms with Crippen LogP contribution in [0.4, 0.5) is 27.7 Å². The van der Waals surface area contributed by atoms with Gasteiger partial charge < -0.3 is 15.4 Å². The summed E-state index contributed by atoms with van der Waals surface area (Å²) in [5.74, 6) is -0.473. The number of aryl methyl sites for hydroxylation is 1. The summed E-state index contributed by atoms with van der Waals surface area (Å²) in [6, 6.07) is 14.9. The number of H-pyrrole nitrogens is 1. The van der Waals surface area contributed by atoms with Crippen molar-refractivity contribution in [3.05, 3.63) is 90.6 Å². The van der Waals surface area contributed by atoms with Crippen molar-refractivity contribution in [3.8, 4) is 11.4 Å². The van der Waals surface area contributed by atoms with Gasteiger partial charge in [-0.3, -0.25) is 20.0 Å². The van der Waals surface area contributed by atoms with Crippen LogP contribution in [0.3, 0.4) is 0 Å². The van der Waals surface area contributed by atoms with Gasteiger partial charge in [0.2, 0.25) is 11.7 Å². The average Bonchev–Trinajstić information content (AvgIpc) is 3.37. The fourth-order valence-electron chi connectivity index (χ4n) is 5.82. The van der Waals surface area contributed by atoms with Crippen LogP contribution < -0.4 is 26.2 Å². The Bertz CT molecular complexity index is 1840. The zero-order valence-corrected chi connectivity index (χ0v) is 32.7. The number of nitrogens with zero attached hydrogens (tertiary/aromatic N) is 1. The average molecular weight is 792 g/mol. The number of ether oxygens (including phenoxy) is 1. The Morgan fingerprint density at radius 2 is 1.33 bits per heavy atom. The molecule has 1 aromatic heterocycles. The third-order valence-corrected chi connectivity index (χ3v) is 9.64. The fraction of sp³-hybridized carbons (Fsp3) is 0.410. The van der Waals surface area contributed by atoms with Gasteiger partial charge in [0.15, 0.2) is 5.82 Å². The van der Waals surface area contributed by atoms with Crippen molar-refractivity contribution in [1.82, 2.24) is 9.78 Å². The minimum atomic E-state index is -0.905. The number of aromatic amines is 1. The number of anilines is 4. The van der Waals surface area contributed by atoms with Gasteiger partial charge >= 0.3 is 11.7 Å². The first kappa shape index (κ1) is 41.1. The molecule has 9 nitrogen and oxygen atoms in total. The number of aromatic nitrogens is 2. The second-order valence-electron chi connectivity index (χ2n) is 12.9. The third-order valence-electron chi connectivity index (χ3n) is 8.53. The summed E-state index contributed by atoms with van der Waals surface area (Å²) in [4.78, 5) is 39.3. The molecule has 0 atom stereocenters. The van der Waals surface area contributed by atoms with E-state index in [2.05, 4.69) is 28.0 Å². The maximum atomic E-state index is 13.7. The molecule has 13 heteroatoms. The molecule has 0 aliphatic heterocycles. The maximum absolute atomic E-state index is 13.7. The summed E-state index contributed by atoms with van der Waals surface area (Å²) >= 11 is 25.6. The zero-order chi connectivity index (χ0) is 37.5. The van der Waals surface area contributed by atoms with Crippen molar-refractivity contribution in [1.29, 1.82) is 0 Å². The summed E-state index contributed by atoms with van der Waals surface area (Å²) in [6.07, 6.45) is 15.7. The van der Waals surface area contributed by atoms with Crippen LogP contribution in [0.2, 0.25) is 20.1 Å². The number of rotatable bonds is 20. The highest BCUT2D eigenvalue weighted by atomic mass is 35.5. The molecule has 0 radical (unpaired) electrons. The van der Waals surface area contributed by atoms with E-state index in [1.54, 1.807) is 36.4 Å². The van der Waals surface area contributed by atoms with Crippen molar-refractivity contribution in [3.63, 3.8) is 0 Å². The molecule has 0 aliphatic carbocycles. The topological polar surface area (TPSA) is 117 Å². The molecule has 3 aromatic carbocycles. The van der Waals surface area contributed by atoms with Crippen LogP contribution in [0, 0.1) is 6.92 Å². The van der Waals surface area contributed by atoms with Crippen molar-refractivity contribution in [2.45, 2.75) is 104 Å². The van der Waals surface area contributed by atoms with E-state index in [4.69, 9.17) is 51.1 Å². The summed E-state index contributed by atoms with van der Waals surface area (Å²) in [5, 5.41) is 12.1. The van der Waals surface area contributed by atoms with E-state index >= 15 is 0 Å². The number of unbranched alkanes of at least 4 members (excludes halogenated alkanes) is 12. The van der Waals surface area contributed by atoms with Crippen molar-refractivity contribution in [2.24, 2.45) is 0 Å². The van der Waals surface area contributed by atoms with Crippen LogP contribution >= 0.6 is 46.4 Å². The van der Waals surface area contributed by atoms with Crippen LogP contribution in [0.5, 0.6) is 5.75 Å². The number of nitrogens with one attached hydrogen (secondary N) is 4. The van der Waals surface area contributed by atoms with E-state index in [0.717, 1.165) is 29.5 Å². The van der Waals surface area contributed by atoms with Gasteiger partial charge in [-0.1, -0.05) is 143 Å². The lowest BCUT2D eigenvalue weighted by atomic mass is 10.0. The van der Waals surface area contributed by atoms with Crippen molar-refractivity contribution < 1.29 is 14.3 Å². The molecule has 0 saturated heterocycles. The molecule has 0 saturated carbocycles.